The molecule has 0 aliphatic carbocycles. The number of carbonyl (C=O) groups is 2. The van der Waals surface area contributed by atoms with Crippen molar-refractivity contribution in [1.29, 1.82) is 0 Å². The molecule has 0 spiro atoms. The summed E-state index contributed by atoms with van der Waals surface area (Å²) >= 11 is 6.95. The van der Waals surface area contributed by atoms with E-state index in [0.717, 1.165) is 11.1 Å². The zero-order valence-corrected chi connectivity index (χ0v) is 17.2. The van der Waals surface area contributed by atoms with Gasteiger partial charge in [-0.05, 0) is 80.3 Å². The maximum absolute atomic E-state index is 11.7. The Morgan fingerprint density at radius 1 is 1.22 bits per heavy atom. The van der Waals surface area contributed by atoms with Crippen LogP contribution in [0, 0.1) is 0 Å². The Labute approximate surface area is 171 Å². The monoisotopic (exact) mass is 493 g/mol. The molecule has 2 aromatic rings. The first-order chi connectivity index (χ1) is 12.8. The molecule has 2 aromatic carbocycles. The Hall–Kier alpha value is -2.45. The maximum atomic E-state index is 11.7. The van der Waals surface area contributed by atoms with Gasteiger partial charge >= 0.3 is 11.9 Å². The number of rotatable bonds is 5. The van der Waals surface area contributed by atoms with Gasteiger partial charge in [-0.1, -0.05) is 17.3 Å². The van der Waals surface area contributed by atoms with Crippen molar-refractivity contribution in [2.24, 2.45) is 5.16 Å². The first kappa shape index (κ1) is 19.3. The number of nitrogens with zero attached hydrogens (tertiary/aromatic N) is 1. The maximum Gasteiger partial charge on any atom is 0.367 e. The molecule has 138 valence electrons. The van der Waals surface area contributed by atoms with Gasteiger partial charge in [-0.15, -0.1) is 0 Å². The lowest BCUT2D eigenvalue weighted by atomic mass is 10.1. The highest BCUT2D eigenvalue weighted by atomic mass is 79.9. The van der Waals surface area contributed by atoms with Crippen LogP contribution in [-0.2, 0) is 16.2 Å². The largest absolute Gasteiger partial charge is 0.487 e. The van der Waals surface area contributed by atoms with Crippen LogP contribution in [0.25, 0.3) is 6.08 Å². The number of benzene rings is 2. The van der Waals surface area contributed by atoms with E-state index in [-0.39, 0.29) is 12.2 Å². The molecule has 6 nitrogen and oxygen atoms in total. The Balaban J connectivity index is 1.77. The number of oxime groups is 1. The molecular formula is C19H13Br2NO5. The van der Waals surface area contributed by atoms with Gasteiger partial charge in [0.25, 0.3) is 0 Å². The molecule has 1 aliphatic heterocycles. The summed E-state index contributed by atoms with van der Waals surface area (Å²) in [7, 11) is 0. The number of hydrogen-bond donors (Lipinski definition) is 1. The van der Waals surface area contributed by atoms with Gasteiger partial charge in [0.2, 0.25) is 0 Å². The highest BCUT2D eigenvalue weighted by Crippen LogP contribution is 2.36. The van der Waals surface area contributed by atoms with Crippen LogP contribution in [0.1, 0.15) is 28.4 Å². The normalized spacial score (nSPS) is 14.9. The Morgan fingerprint density at radius 3 is 2.37 bits per heavy atom. The van der Waals surface area contributed by atoms with E-state index in [2.05, 4.69) is 41.9 Å². The molecule has 0 fully saturated rings. The first-order valence-corrected chi connectivity index (χ1v) is 9.36. The minimum Gasteiger partial charge on any atom is -0.487 e. The minimum atomic E-state index is -0.968. The molecule has 0 bridgehead atoms. The molecule has 8 heteroatoms. The van der Waals surface area contributed by atoms with Crippen LogP contribution in [-0.4, -0.2) is 22.8 Å². The van der Waals surface area contributed by atoms with E-state index < -0.39 is 11.9 Å². The highest BCUT2D eigenvalue weighted by Gasteiger charge is 2.22. The average molecular weight is 495 g/mol. The third kappa shape index (κ3) is 4.45. The van der Waals surface area contributed by atoms with Crippen LogP contribution in [0.3, 0.4) is 0 Å². The molecule has 3 rings (SSSR count). The second kappa shape index (κ2) is 8.06. The zero-order chi connectivity index (χ0) is 19.6. The molecule has 0 saturated heterocycles. The third-order valence-corrected chi connectivity index (χ3v) is 4.97. The number of carboxylic acid groups (broad SMARTS) is 1. The van der Waals surface area contributed by atoms with Crippen LogP contribution in [0.5, 0.6) is 5.75 Å². The molecular weight excluding hydrogens is 482 g/mol. The lowest BCUT2D eigenvalue weighted by Gasteiger charge is -2.12. The first-order valence-electron chi connectivity index (χ1n) is 7.77. The van der Waals surface area contributed by atoms with Crippen molar-refractivity contribution in [1.82, 2.24) is 0 Å². The fraction of sp³-hybridized carbons (Fsp3) is 0.105. The smallest absolute Gasteiger partial charge is 0.367 e. The predicted octanol–water partition coefficient (Wildman–Crippen LogP) is 4.80. The number of carboxylic acids is 1. The molecule has 0 amide bonds. The summed E-state index contributed by atoms with van der Waals surface area (Å²) in [5.74, 6) is -0.854. The van der Waals surface area contributed by atoms with Crippen molar-refractivity contribution in [3.8, 4) is 5.75 Å². The van der Waals surface area contributed by atoms with Gasteiger partial charge in [0, 0.05) is 0 Å². The van der Waals surface area contributed by atoms with Crippen molar-refractivity contribution < 1.29 is 24.3 Å². The van der Waals surface area contributed by atoms with Gasteiger partial charge < -0.3 is 14.7 Å². The van der Waals surface area contributed by atoms with Crippen LogP contribution in [0.2, 0.25) is 0 Å². The molecule has 1 heterocycles. The number of ether oxygens (including phenoxy) is 1. The summed E-state index contributed by atoms with van der Waals surface area (Å²) in [4.78, 5) is 27.2. The molecule has 0 radical (unpaired) electrons. The van der Waals surface area contributed by atoms with Crippen LogP contribution >= 0.6 is 31.9 Å². The third-order valence-electron chi connectivity index (χ3n) is 3.79. The molecule has 0 unspecified atom stereocenters. The van der Waals surface area contributed by atoms with E-state index in [9.17, 15) is 9.59 Å². The molecule has 27 heavy (non-hydrogen) atoms. The zero-order valence-electron chi connectivity index (χ0n) is 14.0. The lowest BCUT2D eigenvalue weighted by Crippen LogP contribution is -2.02. The van der Waals surface area contributed by atoms with Crippen molar-refractivity contribution in [3.63, 3.8) is 0 Å². The van der Waals surface area contributed by atoms with Crippen molar-refractivity contribution in [3.05, 3.63) is 67.6 Å². The predicted molar refractivity (Wildman–Crippen MR) is 107 cm³/mol. The topological polar surface area (TPSA) is 85.2 Å². The standard InChI is InChI=1S/C19H13Br2NO5/c1-10-14(19(25)27-22-10)6-12-7-15(20)17(16(21)8-12)26-9-11-2-4-13(5-3-11)18(23)24/h2-8H,9H2,1H3,(H,23,24)/b14-6-. The van der Waals surface area contributed by atoms with Gasteiger partial charge in [0.1, 0.15) is 12.4 Å². The Kier molecular flexibility index (Phi) is 5.76. The Morgan fingerprint density at radius 2 is 1.85 bits per heavy atom. The van der Waals surface area contributed by atoms with Crippen LogP contribution in [0.4, 0.5) is 0 Å². The van der Waals surface area contributed by atoms with E-state index in [1.807, 2.05) is 12.1 Å². The lowest BCUT2D eigenvalue weighted by molar-refractivity contribution is -0.136. The molecule has 1 aliphatic rings. The molecule has 0 aromatic heterocycles. The molecule has 1 N–H and O–H groups in total. The fourth-order valence-electron chi connectivity index (χ4n) is 2.39. The molecule has 0 saturated carbocycles. The molecule has 0 atom stereocenters. The highest BCUT2D eigenvalue weighted by molar-refractivity contribution is 9.11. The second-order valence-corrected chi connectivity index (χ2v) is 7.43. The van der Waals surface area contributed by atoms with E-state index in [4.69, 9.17) is 9.84 Å². The SMILES string of the molecule is CC1=NOC(=O)/C1=C\c1cc(Br)c(OCc2ccc(C(=O)O)cc2)c(Br)c1. The van der Waals surface area contributed by atoms with Gasteiger partial charge in [-0.2, -0.15) is 0 Å². The number of carbonyl (C=O) groups excluding carboxylic acids is 1. The van der Waals surface area contributed by atoms with Crippen LogP contribution in [0.15, 0.2) is 56.1 Å². The van der Waals surface area contributed by atoms with E-state index in [1.54, 1.807) is 25.1 Å². The summed E-state index contributed by atoms with van der Waals surface area (Å²) < 4.78 is 7.25. The van der Waals surface area contributed by atoms with Crippen molar-refractivity contribution in [2.75, 3.05) is 0 Å². The summed E-state index contributed by atoms with van der Waals surface area (Å²) in [6.45, 7) is 1.98. The summed E-state index contributed by atoms with van der Waals surface area (Å²) in [5, 5.41) is 12.6. The number of hydrogen-bond acceptors (Lipinski definition) is 5. The van der Waals surface area contributed by atoms with Crippen LogP contribution < -0.4 is 4.74 Å². The minimum absolute atomic E-state index is 0.225. The fourth-order valence-corrected chi connectivity index (χ4v) is 3.84. The summed E-state index contributed by atoms with van der Waals surface area (Å²) in [6, 6.07) is 10.1. The van der Waals surface area contributed by atoms with Gasteiger partial charge in [0.05, 0.1) is 25.8 Å². The van der Waals surface area contributed by atoms with Gasteiger partial charge in [-0.3, -0.25) is 0 Å². The van der Waals surface area contributed by atoms with Gasteiger partial charge in [0.15, 0.2) is 0 Å². The Bertz CT molecular complexity index is 957. The summed E-state index contributed by atoms with van der Waals surface area (Å²) in [6.07, 6.45) is 1.69. The summed E-state index contributed by atoms with van der Waals surface area (Å²) in [5.41, 5.74) is 2.77. The number of halogens is 2. The van der Waals surface area contributed by atoms with Gasteiger partial charge in [-0.25, -0.2) is 9.59 Å². The van der Waals surface area contributed by atoms with E-state index in [1.165, 1.54) is 12.1 Å². The average Bonchev–Trinajstić information content (AvgIpc) is 2.93. The quantitative estimate of drug-likeness (QED) is 0.476. The number of aromatic carboxylic acids is 1. The van der Waals surface area contributed by atoms with Crippen molar-refractivity contribution in [2.45, 2.75) is 13.5 Å². The van der Waals surface area contributed by atoms with E-state index >= 15 is 0 Å². The van der Waals surface area contributed by atoms with Crippen molar-refractivity contribution >= 4 is 55.6 Å². The second-order valence-electron chi connectivity index (χ2n) is 5.72. The van der Waals surface area contributed by atoms with E-state index in [0.29, 0.717) is 26.0 Å².